The Bertz CT molecular complexity index is 923. The molecule has 136 valence electrons. The molecule has 0 amide bonds. The maximum absolute atomic E-state index is 12.9. The number of pyridine rings is 1. The second-order valence-corrected chi connectivity index (χ2v) is 6.64. The molecule has 2 heterocycles. The molecule has 4 nitrogen and oxygen atoms in total. The number of nitrogens with one attached hydrogen (secondary N) is 1. The smallest absolute Gasteiger partial charge is 0.160 e. The molecule has 1 N–H and O–H groups in total. The van der Waals surface area contributed by atoms with Crippen LogP contribution in [-0.4, -0.2) is 21.5 Å². The van der Waals surface area contributed by atoms with Gasteiger partial charge in [0.1, 0.15) is 5.82 Å². The summed E-state index contributed by atoms with van der Waals surface area (Å²) in [5.41, 5.74) is 4.24. The zero-order chi connectivity index (χ0) is 18.5. The van der Waals surface area contributed by atoms with E-state index < -0.39 is 0 Å². The van der Waals surface area contributed by atoms with Crippen molar-refractivity contribution in [1.29, 1.82) is 0 Å². The number of halogens is 1. The van der Waals surface area contributed by atoms with E-state index in [-0.39, 0.29) is 11.9 Å². The van der Waals surface area contributed by atoms with E-state index in [2.05, 4.69) is 21.4 Å². The minimum atomic E-state index is -0.213. The van der Waals surface area contributed by atoms with E-state index in [9.17, 15) is 4.39 Å². The summed E-state index contributed by atoms with van der Waals surface area (Å²) < 4.78 is 12.9. The molecule has 1 aliphatic carbocycles. The van der Waals surface area contributed by atoms with Crippen LogP contribution < -0.4 is 5.32 Å². The number of aromatic nitrogens is 3. The van der Waals surface area contributed by atoms with Crippen molar-refractivity contribution in [2.24, 2.45) is 0 Å². The van der Waals surface area contributed by atoms with Crippen molar-refractivity contribution >= 4 is 6.08 Å². The fourth-order valence-corrected chi connectivity index (χ4v) is 3.37. The number of hydrogen-bond acceptors (Lipinski definition) is 4. The van der Waals surface area contributed by atoms with E-state index in [1.807, 2.05) is 24.4 Å². The Hall–Kier alpha value is -2.92. The molecule has 0 fully saturated rings. The molecule has 5 heteroatoms. The van der Waals surface area contributed by atoms with Gasteiger partial charge in [0.15, 0.2) is 5.82 Å². The van der Waals surface area contributed by atoms with Crippen LogP contribution in [0.3, 0.4) is 0 Å². The monoisotopic (exact) mass is 360 g/mol. The van der Waals surface area contributed by atoms with Crippen LogP contribution in [0.25, 0.3) is 17.5 Å². The van der Waals surface area contributed by atoms with Crippen LogP contribution in [0.15, 0.2) is 61.1 Å². The van der Waals surface area contributed by atoms with Crippen LogP contribution in [0.5, 0.6) is 0 Å². The predicted octanol–water partition coefficient (Wildman–Crippen LogP) is 4.36. The average Bonchev–Trinajstić information content (AvgIpc) is 2.73. The van der Waals surface area contributed by atoms with E-state index in [1.165, 1.54) is 17.7 Å². The van der Waals surface area contributed by atoms with Gasteiger partial charge in [-0.25, -0.2) is 14.4 Å². The predicted molar refractivity (Wildman–Crippen MR) is 104 cm³/mol. The lowest BCUT2D eigenvalue weighted by molar-refractivity contribution is 0.473. The second kappa shape index (κ2) is 8.18. The lowest BCUT2D eigenvalue weighted by Gasteiger charge is -2.25. The normalized spacial score (nSPS) is 16.4. The Morgan fingerprint density at radius 3 is 2.85 bits per heavy atom. The van der Waals surface area contributed by atoms with Gasteiger partial charge < -0.3 is 5.32 Å². The topological polar surface area (TPSA) is 50.7 Å². The molecule has 0 aliphatic heterocycles. The molecule has 0 spiro atoms. The zero-order valence-corrected chi connectivity index (χ0v) is 15.0. The lowest BCUT2D eigenvalue weighted by Crippen LogP contribution is -2.26. The van der Waals surface area contributed by atoms with E-state index in [4.69, 9.17) is 4.98 Å². The Morgan fingerprint density at radius 1 is 1.15 bits per heavy atom. The lowest BCUT2D eigenvalue weighted by atomic mass is 9.92. The van der Waals surface area contributed by atoms with E-state index in [0.717, 1.165) is 48.5 Å². The number of fused-ring (bicyclic) bond motifs is 1. The van der Waals surface area contributed by atoms with Crippen molar-refractivity contribution in [2.75, 3.05) is 6.54 Å². The number of rotatable bonds is 5. The molecule has 4 rings (SSSR count). The van der Waals surface area contributed by atoms with Gasteiger partial charge in [0, 0.05) is 48.0 Å². The first-order valence-electron chi connectivity index (χ1n) is 9.21. The second-order valence-electron chi connectivity index (χ2n) is 6.64. The summed E-state index contributed by atoms with van der Waals surface area (Å²) in [4.78, 5) is 13.5. The minimum Gasteiger partial charge on any atom is -0.306 e. The van der Waals surface area contributed by atoms with E-state index >= 15 is 0 Å². The van der Waals surface area contributed by atoms with Crippen molar-refractivity contribution in [3.05, 3.63) is 83.7 Å². The van der Waals surface area contributed by atoms with E-state index in [0.29, 0.717) is 0 Å². The van der Waals surface area contributed by atoms with Gasteiger partial charge in [-0.2, -0.15) is 0 Å². The fraction of sp³-hybridized carbons (Fsp3) is 0.227. The minimum absolute atomic E-state index is 0.213. The number of hydrogen-bond donors (Lipinski definition) is 1. The Labute approximate surface area is 158 Å². The van der Waals surface area contributed by atoms with Crippen molar-refractivity contribution in [3.8, 4) is 11.4 Å². The molecule has 1 aromatic carbocycles. The average molecular weight is 360 g/mol. The molecule has 1 atom stereocenters. The largest absolute Gasteiger partial charge is 0.306 e. The summed E-state index contributed by atoms with van der Waals surface area (Å²) in [6, 6.07) is 10.6. The first-order chi connectivity index (χ1) is 13.3. The quantitative estimate of drug-likeness (QED) is 0.735. The van der Waals surface area contributed by atoms with Gasteiger partial charge in [0.05, 0.1) is 0 Å². The van der Waals surface area contributed by atoms with Crippen LogP contribution in [-0.2, 0) is 6.42 Å². The van der Waals surface area contributed by atoms with Gasteiger partial charge in [-0.1, -0.05) is 24.3 Å². The highest BCUT2D eigenvalue weighted by atomic mass is 19.1. The van der Waals surface area contributed by atoms with Gasteiger partial charge in [-0.15, -0.1) is 0 Å². The van der Waals surface area contributed by atoms with Crippen molar-refractivity contribution in [3.63, 3.8) is 0 Å². The van der Waals surface area contributed by atoms with Crippen LogP contribution in [0.2, 0.25) is 0 Å². The Balaban J connectivity index is 1.43. The van der Waals surface area contributed by atoms with Gasteiger partial charge >= 0.3 is 0 Å². The molecule has 0 saturated heterocycles. The molecule has 0 radical (unpaired) electrons. The molecule has 1 aliphatic rings. The first kappa shape index (κ1) is 17.5. The SMILES string of the molecule is Fc1ccc(C=CCNC2CCCc3nc(-c4cccnc4)ncc32)cc1. The summed E-state index contributed by atoms with van der Waals surface area (Å²) in [5, 5.41) is 3.57. The first-order valence-corrected chi connectivity index (χ1v) is 9.21. The summed E-state index contributed by atoms with van der Waals surface area (Å²) >= 11 is 0. The van der Waals surface area contributed by atoms with Gasteiger partial charge in [-0.05, 0) is 49.1 Å². The summed E-state index contributed by atoms with van der Waals surface area (Å²) in [6.07, 6.45) is 12.7. The van der Waals surface area contributed by atoms with Crippen molar-refractivity contribution < 1.29 is 4.39 Å². The zero-order valence-electron chi connectivity index (χ0n) is 15.0. The highest BCUT2D eigenvalue weighted by Gasteiger charge is 2.21. The number of aryl methyl sites for hydroxylation is 1. The van der Waals surface area contributed by atoms with Gasteiger partial charge in [0.25, 0.3) is 0 Å². The molecular formula is C22H21FN4. The maximum Gasteiger partial charge on any atom is 0.160 e. The fourth-order valence-electron chi connectivity index (χ4n) is 3.37. The van der Waals surface area contributed by atoms with Crippen LogP contribution in [0, 0.1) is 5.82 Å². The van der Waals surface area contributed by atoms with Crippen molar-refractivity contribution in [1.82, 2.24) is 20.3 Å². The number of benzene rings is 1. The van der Waals surface area contributed by atoms with Crippen molar-refractivity contribution in [2.45, 2.75) is 25.3 Å². The molecule has 1 unspecified atom stereocenters. The third-order valence-corrected chi connectivity index (χ3v) is 4.76. The Kier molecular flexibility index (Phi) is 5.30. The molecule has 0 bridgehead atoms. The Morgan fingerprint density at radius 2 is 2.04 bits per heavy atom. The highest BCUT2D eigenvalue weighted by Crippen LogP contribution is 2.29. The standard InChI is InChI=1S/C22H21FN4/c23-18-10-8-16(9-11-18)4-2-13-25-20-6-1-7-21-19(20)15-26-22(27-21)17-5-3-12-24-14-17/h2-5,8-12,14-15,20,25H,1,6-7,13H2. The molecule has 27 heavy (non-hydrogen) atoms. The molecule has 2 aromatic heterocycles. The van der Waals surface area contributed by atoms with E-state index in [1.54, 1.807) is 24.5 Å². The van der Waals surface area contributed by atoms with Gasteiger partial charge in [0.2, 0.25) is 0 Å². The summed E-state index contributed by atoms with van der Waals surface area (Å²) in [6.45, 7) is 0.742. The van der Waals surface area contributed by atoms with Gasteiger partial charge in [-0.3, -0.25) is 4.98 Å². The molecule has 0 saturated carbocycles. The molecular weight excluding hydrogens is 339 g/mol. The third-order valence-electron chi connectivity index (χ3n) is 4.76. The summed E-state index contributed by atoms with van der Waals surface area (Å²) in [5.74, 6) is 0.522. The maximum atomic E-state index is 12.9. The third kappa shape index (κ3) is 4.26. The highest BCUT2D eigenvalue weighted by molar-refractivity contribution is 5.53. The van der Waals surface area contributed by atoms with Crippen LogP contribution in [0.4, 0.5) is 4.39 Å². The number of nitrogens with zero attached hydrogens (tertiary/aromatic N) is 3. The van der Waals surface area contributed by atoms with Crippen LogP contribution in [0.1, 0.15) is 35.7 Å². The van der Waals surface area contributed by atoms with Crippen LogP contribution >= 0.6 is 0 Å². The molecule has 3 aromatic rings. The summed E-state index contributed by atoms with van der Waals surface area (Å²) in [7, 11) is 0.